The smallest absolute Gasteiger partial charge is 0.257 e. The summed E-state index contributed by atoms with van der Waals surface area (Å²) in [5, 5.41) is 3.55. The van der Waals surface area contributed by atoms with Gasteiger partial charge < -0.3 is 9.47 Å². The van der Waals surface area contributed by atoms with Crippen molar-refractivity contribution < 1.29 is 14.3 Å². The SMILES string of the molecule is COc1cc(OC)cc(C(=O)Nc2nc3c(s2)C[C@H](C)CC3)c1. The van der Waals surface area contributed by atoms with E-state index in [1.165, 1.54) is 4.88 Å². The van der Waals surface area contributed by atoms with Crippen molar-refractivity contribution in [1.82, 2.24) is 4.98 Å². The van der Waals surface area contributed by atoms with E-state index in [4.69, 9.17) is 9.47 Å². The van der Waals surface area contributed by atoms with Crippen LogP contribution in [0.4, 0.5) is 5.13 Å². The Kier molecular flexibility index (Phi) is 4.52. The van der Waals surface area contributed by atoms with Crippen molar-refractivity contribution in [2.75, 3.05) is 19.5 Å². The van der Waals surface area contributed by atoms with Gasteiger partial charge in [-0.25, -0.2) is 4.98 Å². The lowest BCUT2D eigenvalue weighted by Crippen LogP contribution is -2.12. The molecule has 0 bridgehead atoms. The van der Waals surface area contributed by atoms with Crippen LogP contribution in [0.15, 0.2) is 18.2 Å². The first-order valence-corrected chi connectivity index (χ1v) is 8.43. The zero-order valence-corrected chi connectivity index (χ0v) is 14.3. The summed E-state index contributed by atoms with van der Waals surface area (Å²) >= 11 is 1.58. The van der Waals surface area contributed by atoms with Gasteiger partial charge >= 0.3 is 0 Å². The molecule has 23 heavy (non-hydrogen) atoms. The van der Waals surface area contributed by atoms with Crippen LogP contribution in [0.1, 0.15) is 34.3 Å². The van der Waals surface area contributed by atoms with Crippen molar-refractivity contribution in [2.24, 2.45) is 5.92 Å². The van der Waals surface area contributed by atoms with Gasteiger partial charge in [0.15, 0.2) is 5.13 Å². The van der Waals surface area contributed by atoms with Crippen LogP contribution < -0.4 is 14.8 Å². The monoisotopic (exact) mass is 332 g/mol. The lowest BCUT2D eigenvalue weighted by molar-refractivity contribution is 0.102. The fourth-order valence-electron chi connectivity index (χ4n) is 2.70. The molecular weight excluding hydrogens is 312 g/mol. The van der Waals surface area contributed by atoms with Crippen LogP contribution >= 0.6 is 11.3 Å². The molecule has 3 rings (SSSR count). The van der Waals surface area contributed by atoms with Gasteiger partial charge in [-0.15, -0.1) is 11.3 Å². The third kappa shape index (κ3) is 3.47. The Morgan fingerprint density at radius 2 is 1.96 bits per heavy atom. The van der Waals surface area contributed by atoms with Crippen LogP contribution in [0.2, 0.25) is 0 Å². The molecule has 5 nitrogen and oxygen atoms in total. The molecule has 1 aliphatic carbocycles. The topological polar surface area (TPSA) is 60.5 Å². The van der Waals surface area contributed by atoms with E-state index in [1.54, 1.807) is 43.8 Å². The highest BCUT2D eigenvalue weighted by molar-refractivity contribution is 7.15. The molecule has 1 N–H and O–H groups in total. The molecule has 0 saturated carbocycles. The number of amides is 1. The van der Waals surface area contributed by atoms with Crippen molar-refractivity contribution in [2.45, 2.75) is 26.2 Å². The molecule has 0 radical (unpaired) electrons. The van der Waals surface area contributed by atoms with E-state index in [1.807, 2.05) is 0 Å². The molecular formula is C17H20N2O3S. The van der Waals surface area contributed by atoms with E-state index in [0.717, 1.165) is 25.0 Å². The average Bonchev–Trinajstić information content (AvgIpc) is 2.95. The summed E-state index contributed by atoms with van der Waals surface area (Å²) in [6.45, 7) is 2.25. The molecule has 1 heterocycles. The molecule has 0 saturated heterocycles. The number of carbonyl (C=O) groups excluding carboxylic acids is 1. The van der Waals surface area contributed by atoms with E-state index >= 15 is 0 Å². The predicted molar refractivity (Wildman–Crippen MR) is 90.8 cm³/mol. The molecule has 122 valence electrons. The van der Waals surface area contributed by atoms with Gasteiger partial charge in [0.2, 0.25) is 0 Å². The Hall–Kier alpha value is -2.08. The highest BCUT2D eigenvalue weighted by atomic mass is 32.1. The lowest BCUT2D eigenvalue weighted by atomic mass is 9.93. The van der Waals surface area contributed by atoms with Gasteiger partial charge in [-0.05, 0) is 37.3 Å². The minimum absolute atomic E-state index is 0.207. The van der Waals surface area contributed by atoms with Crippen LogP contribution in [0.3, 0.4) is 0 Å². The van der Waals surface area contributed by atoms with E-state index < -0.39 is 0 Å². The van der Waals surface area contributed by atoms with Gasteiger partial charge in [-0.2, -0.15) is 0 Å². The third-order valence-corrected chi connectivity index (χ3v) is 5.06. The van der Waals surface area contributed by atoms with E-state index in [9.17, 15) is 4.79 Å². The second-order valence-electron chi connectivity index (χ2n) is 5.79. The van der Waals surface area contributed by atoms with Crippen molar-refractivity contribution >= 4 is 22.4 Å². The number of methoxy groups -OCH3 is 2. The first-order chi connectivity index (χ1) is 11.1. The molecule has 1 aromatic heterocycles. The number of carbonyl (C=O) groups is 1. The second-order valence-corrected chi connectivity index (χ2v) is 6.88. The molecule has 1 aromatic carbocycles. The quantitative estimate of drug-likeness (QED) is 0.930. The molecule has 1 amide bonds. The number of hydrogen-bond donors (Lipinski definition) is 1. The van der Waals surface area contributed by atoms with Gasteiger partial charge in [0.25, 0.3) is 5.91 Å². The largest absolute Gasteiger partial charge is 0.497 e. The Morgan fingerprint density at radius 3 is 2.61 bits per heavy atom. The predicted octanol–water partition coefficient (Wildman–Crippen LogP) is 3.54. The van der Waals surface area contributed by atoms with Crippen molar-refractivity contribution in [3.05, 3.63) is 34.3 Å². The number of rotatable bonds is 4. The number of nitrogens with zero attached hydrogens (tertiary/aromatic N) is 1. The molecule has 0 unspecified atom stereocenters. The molecule has 0 aliphatic heterocycles. The van der Waals surface area contributed by atoms with E-state index in [2.05, 4.69) is 17.2 Å². The number of ether oxygens (including phenoxy) is 2. The number of thiazole rings is 1. The Morgan fingerprint density at radius 1 is 1.26 bits per heavy atom. The standard InChI is InChI=1S/C17H20N2O3S/c1-10-4-5-14-15(6-10)23-17(18-14)19-16(20)11-7-12(21-2)9-13(8-11)22-3/h7-10H,4-6H2,1-3H3,(H,18,19,20)/t10-/m1/s1. The molecule has 6 heteroatoms. The number of aromatic nitrogens is 1. The zero-order valence-electron chi connectivity index (χ0n) is 13.5. The fraction of sp³-hybridized carbons (Fsp3) is 0.412. The summed E-state index contributed by atoms with van der Waals surface area (Å²) in [4.78, 5) is 18.3. The average molecular weight is 332 g/mol. The van der Waals surface area contributed by atoms with Gasteiger partial charge in [-0.1, -0.05) is 6.92 Å². The van der Waals surface area contributed by atoms with E-state index in [0.29, 0.717) is 28.1 Å². The molecule has 2 aromatic rings. The number of hydrogen-bond acceptors (Lipinski definition) is 5. The minimum atomic E-state index is -0.207. The molecule has 0 fully saturated rings. The summed E-state index contributed by atoms with van der Waals surface area (Å²) in [7, 11) is 3.12. The first-order valence-electron chi connectivity index (χ1n) is 7.62. The number of benzene rings is 1. The van der Waals surface area contributed by atoms with Crippen LogP contribution in [0, 0.1) is 5.92 Å². The van der Waals surface area contributed by atoms with Crippen molar-refractivity contribution in [1.29, 1.82) is 0 Å². The summed E-state index contributed by atoms with van der Waals surface area (Å²) in [6, 6.07) is 5.11. The zero-order chi connectivity index (χ0) is 16.4. The second kappa shape index (κ2) is 6.58. The summed E-state index contributed by atoms with van der Waals surface area (Å²) in [5.74, 6) is 1.65. The first kappa shape index (κ1) is 15.8. The normalized spacial score (nSPS) is 16.6. The molecule has 1 atom stereocenters. The van der Waals surface area contributed by atoms with Crippen LogP contribution in [-0.2, 0) is 12.8 Å². The summed E-state index contributed by atoms with van der Waals surface area (Å²) in [5.41, 5.74) is 1.62. The summed E-state index contributed by atoms with van der Waals surface area (Å²) < 4.78 is 10.4. The Balaban J connectivity index is 1.79. The maximum Gasteiger partial charge on any atom is 0.257 e. The number of aryl methyl sites for hydroxylation is 1. The van der Waals surface area contributed by atoms with Crippen LogP contribution in [0.5, 0.6) is 11.5 Å². The van der Waals surface area contributed by atoms with Gasteiger partial charge in [0.05, 0.1) is 19.9 Å². The Bertz CT molecular complexity index is 704. The van der Waals surface area contributed by atoms with Crippen molar-refractivity contribution in [3.8, 4) is 11.5 Å². The van der Waals surface area contributed by atoms with Crippen LogP contribution in [-0.4, -0.2) is 25.1 Å². The number of anilines is 1. The van der Waals surface area contributed by atoms with Gasteiger partial charge in [0, 0.05) is 16.5 Å². The van der Waals surface area contributed by atoms with Crippen LogP contribution in [0.25, 0.3) is 0 Å². The number of nitrogens with one attached hydrogen (secondary N) is 1. The highest BCUT2D eigenvalue weighted by Gasteiger charge is 2.21. The van der Waals surface area contributed by atoms with Gasteiger partial charge in [0.1, 0.15) is 11.5 Å². The Labute approximate surface area is 139 Å². The van der Waals surface area contributed by atoms with Crippen molar-refractivity contribution in [3.63, 3.8) is 0 Å². The number of fused-ring (bicyclic) bond motifs is 1. The lowest BCUT2D eigenvalue weighted by Gasteiger charge is -2.15. The summed E-state index contributed by atoms with van der Waals surface area (Å²) in [6.07, 6.45) is 3.21. The third-order valence-electron chi connectivity index (χ3n) is 4.02. The molecule has 0 spiro atoms. The maximum atomic E-state index is 12.5. The van der Waals surface area contributed by atoms with E-state index in [-0.39, 0.29) is 5.91 Å². The highest BCUT2D eigenvalue weighted by Crippen LogP contribution is 2.32. The minimum Gasteiger partial charge on any atom is -0.497 e. The maximum absolute atomic E-state index is 12.5. The van der Waals surface area contributed by atoms with Gasteiger partial charge in [-0.3, -0.25) is 10.1 Å². The fourth-order valence-corrected chi connectivity index (χ4v) is 3.87. The molecule has 1 aliphatic rings.